The van der Waals surface area contributed by atoms with E-state index in [1.54, 1.807) is 84.2 Å². The molecule has 3 atom stereocenters. The number of aliphatic carboxylic acids is 1. The largest absolute Gasteiger partial charge is 0.497 e. The fourth-order valence-corrected chi connectivity index (χ4v) is 7.35. The zero-order valence-electron chi connectivity index (χ0n) is 36.0. The smallest absolute Gasteiger partial charge is 0.411 e. The zero-order valence-corrected chi connectivity index (χ0v) is 36.0. The van der Waals surface area contributed by atoms with Crippen LogP contribution >= 0.6 is 0 Å². The van der Waals surface area contributed by atoms with Crippen molar-refractivity contribution in [2.45, 2.75) is 102 Å². The van der Waals surface area contributed by atoms with Crippen molar-refractivity contribution in [3.63, 3.8) is 0 Å². The lowest BCUT2D eigenvalue weighted by atomic mass is 9.80. The van der Waals surface area contributed by atoms with Crippen LogP contribution in [0.1, 0.15) is 69.5 Å². The lowest BCUT2D eigenvalue weighted by Gasteiger charge is -2.37. The molecule has 3 N–H and O–H groups in total. The van der Waals surface area contributed by atoms with Gasteiger partial charge in [0.15, 0.2) is 0 Å². The summed E-state index contributed by atoms with van der Waals surface area (Å²) >= 11 is 0. The van der Waals surface area contributed by atoms with Crippen LogP contribution in [0, 0.1) is 6.92 Å². The number of carboxylic acid groups (broad SMARTS) is 1. The van der Waals surface area contributed by atoms with E-state index >= 15 is 0 Å². The molecule has 63 heavy (non-hydrogen) atoms. The third kappa shape index (κ3) is 10.4. The van der Waals surface area contributed by atoms with Crippen molar-refractivity contribution in [3.05, 3.63) is 128 Å². The number of ether oxygens (including phenoxy) is 4. The molecule has 0 spiro atoms. The van der Waals surface area contributed by atoms with Gasteiger partial charge in [0, 0.05) is 30.3 Å². The molecule has 344 valence electrons. The Labute approximate surface area is 359 Å². The molecule has 0 radical (unpaired) electrons. The van der Waals surface area contributed by atoms with Crippen molar-refractivity contribution < 1.29 is 60.0 Å². The summed E-state index contributed by atoms with van der Waals surface area (Å²) in [6.07, 6.45) is -2.55. The van der Waals surface area contributed by atoms with Crippen LogP contribution in [-0.4, -0.2) is 101 Å². The van der Waals surface area contributed by atoms with Gasteiger partial charge in [-0.2, -0.15) is 26.3 Å². The number of nitrogens with one attached hydrogen (secondary N) is 2. The summed E-state index contributed by atoms with van der Waals surface area (Å²) in [7, 11) is 2.91. The van der Waals surface area contributed by atoms with Crippen molar-refractivity contribution in [2.24, 2.45) is 0 Å². The summed E-state index contributed by atoms with van der Waals surface area (Å²) in [5, 5.41) is 10.2. The Morgan fingerprint density at radius 1 is 0.841 bits per heavy atom. The van der Waals surface area contributed by atoms with Gasteiger partial charge in [-0.15, -0.1) is 0 Å². The summed E-state index contributed by atoms with van der Waals surface area (Å²) in [4.78, 5) is 52.9. The average molecular weight is 895 g/mol. The van der Waals surface area contributed by atoms with E-state index in [1.807, 2.05) is 4.98 Å². The average Bonchev–Trinajstić information content (AvgIpc) is 3.64. The minimum absolute atomic E-state index is 0.0164. The van der Waals surface area contributed by atoms with E-state index < -0.39 is 77.9 Å². The monoisotopic (exact) mass is 894 g/mol. The van der Waals surface area contributed by atoms with E-state index in [9.17, 15) is 45.5 Å². The second kappa shape index (κ2) is 20.2. The molecule has 3 aromatic carbocycles. The van der Waals surface area contributed by atoms with Crippen molar-refractivity contribution in [1.29, 1.82) is 0 Å². The first kappa shape index (κ1) is 50.0. The third-order valence-electron chi connectivity index (χ3n) is 10.7. The number of nitrogens with zero attached hydrogens (tertiary/aromatic N) is 2. The fraction of sp³-hybridized carbons (Fsp3) is 0.455. The first-order valence-corrected chi connectivity index (χ1v) is 19.9. The maximum absolute atomic E-state index is 14.9. The van der Waals surface area contributed by atoms with Crippen molar-refractivity contribution in [2.75, 3.05) is 27.4 Å². The van der Waals surface area contributed by atoms with Gasteiger partial charge >= 0.3 is 29.4 Å². The Morgan fingerprint density at radius 3 is 1.76 bits per heavy atom. The van der Waals surface area contributed by atoms with Gasteiger partial charge in [-0.05, 0) is 82.1 Å². The molecule has 1 aromatic heterocycles. The van der Waals surface area contributed by atoms with Crippen LogP contribution in [0.25, 0.3) is 0 Å². The van der Waals surface area contributed by atoms with E-state index in [-0.39, 0.29) is 5.56 Å². The van der Waals surface area contributed by atoms with E-state index in [4.69, 9.17) is 24.1 Å². The fourth-order valence-electron chi connectivity index (χ4n) is 7.35. The molecule has 0 bridgehead atoms. The van der Waals surface area contributed by atoms with Gasteiger partial charge in [-0.1, -0.05) is 61.5 Å². The van der Waals surface area contributed by atoms with Crippen molar-refractivity contribution >= 4 is 11.9 Å². The van der Waals surface area contributed by atoms with Crippen LogP contribution in [0.15, 0.2) is 94.6 Å². The number of aryl methyl sites for hydroxylation is 1. The number of H-pyrrole nitrogens is 1. The van der Waals surface area contributed by atoms with Gasteiger partial charge < -0.3 is 29.4 Å². The SMILES string of the molecule is CCN(C(C)C)C(C)C.COc1ccc(C(OC[C@H]2O[C@@H](n3cc(C)c(=O)[nH]c3=O)C[C@@H]2NC(=O)C(F)(F)C(F)(F)C(F)(F)C(=O)O)(c2ccccc2)c2ccc(OC)cc2)cc1. The number of halogens is 6. The number of benzene rings is 3. The molecule has 1 fully saturated rings. The van der Waals surface area contributed by atoms with Gasteiger partial charge in [-0.3, -0.25) is 24.0 Å². The number of hydrogen-bond acceptors (Lipinski definition) is 9. The number of carboxylic acids is 1. The molecular weight excluding hydrogens is 842 g/mol. The summed E-state index contributed by atoms with van der Waals surface area (Å²) in [5.41, 5.74) is -1.83. The minimum atomic E-state index is -6.68. The summed E-state index contributed by atoms with van der Waals surface area (Å²) in [6.45, 7) is 13.0. The molecule has 1 aliphatic rings. The number of aromatic amines is 1. The third-order valence-corrected chi connectivity index (χ3v) is 10.7. The highest BCUT2D eigenvalue weighted by molar-refractivity contribution is 5.87. The van der Waals surface area contributed by atoms with Crippen molar-refractivity contribution in [1.82, 2.24) is 19.8 Å². The molecule has 1 aliphatic heterocycles. The molecule has 1 amide bonds. The number of alkyl halides is 6. The minimum Gasteiger partial charge on any atom is -0.497 e. The number of methoxy groups -OCH3 is 2. The molecule has 0 aliphatic carbocycles. The Bertz CT molecular complexity index is 2220. The second-order valence-corrected chi connectivity index (χ2v) is 15.3. The van der Waals surface area contributed by atoms with Gasteiger partial charge in [0.05, 0.1) is 26.9 Å². The number of carbonyl (C=O) groups is 2. The highest BCUT2D eigenvalue weighted by atomic mass is 19.3. The predicted octanol–water partition coefficient (Wildman–Crippen LogP) is 6.76. The van der Waals surface area contributed by atoms with Crippen LogP contribution in [0.2, 0.25) is 0 Å². The van der Waals surface area contributed by atoms with Gasteiger partial charge in [-0.25, -0.2) is 9.59 Å². The molecule has 2 heterocycles. The number of aromatic nitrogens is 2. The number of hydrogen-bond donors (Lipinski definition) is 3. The first-order valence-electron chi connectivity index (χ1n) is 19.9. The molecule has 13 nitrogen and oxygen atoms in total. The summed E-state index contributed by atoms with van der Waals surface area (Å²) < 4.78 is 111. The summed E-state index contributed by atoms with van der Waals surface area (Å²) in [6, 6.07) is 21.5. The van der Waals surface area contributed by atoms with Gasteiger partial charge in [0.2, 0.25) is 0 Å². The molecule has 0 saturated carbocycles. The second-order valence-electron chi connectivity index (χ2n) is 15.3. The Hall–Kier alpha value is -5.66. The molecule has 0 unspecified atom stereocenters. The molecule has 19 heteroatoms. The molecule has 4 aromatic rings. The maximum atomic E-state index is 14.9. The van der Waals surface area contributed by atoms with E-state index in [2.05, 4.69) is 39.5 Å². The highest BCUT2D eigenvalue weighted by Gasteiger charge is 2.78. The first-order chi connectivity index (χ1) is 29.5. The summed E-state index contributed by atoms with van der Waals surface area (Å²) in [5.74, 6) is -24.9. The Balaban J connectivity index is 0.000000870. The molecular formula is C44H52F6N4O9. The topological polar surface area (TPSA) is 161 Å². The van der Waals surface area contributed by atoms with Gasteiger partial charge in [0.1, 0.15) is 29.4 Å². The normalized spacial score (nSPS) is 17.1. The number of carbonyl (C=O) groups excluding carboxylic acids is 1. The van der Waals surface area contributed by atoms with Gasteiger partial charge in [0.25, 0.3) is 11.5 Å². The lowest BCUT2D eigenvalue weighted by Crippen LogP contribution is -2.64. The van der Waals surface area contributed by atoms with Crippen LogP contribution in [0.4, 0.5) is 26.3 Å². The van der Waals surface area contributed by atoms with Crippen LogP contribution < -0.4 is 26.0 Å². The van der Waals surface area contributed by atoms with E-state index in [0.29, 0.717) is 40.3 Å². The number of amides is 1. The Morgan fingerprint density at radius 2 is 1.33 bits per heavy atom. The maximum Gasteiger partial charge on any atom is 0.411 e. The van der Waals surface area contributed by atoms with Crippen LogP contribution in [-0.2, 0) is 24.7 Å². The molecule has 1 saturated heterocycles. The van der Waals surface area contributed by atoms with E-state index in [0.717, 1.165) is 17.3 Å². The highest BCUT2D eigenvalue weighted by Crippen LogP contribution is 2.47. The van der Waals surface area contributed by atoms with Crippen LogP contribution in [0.5, 0.6) is 11.5 Å². The Kier molecular flexibility index (Phi) is 16.1. The van der Waals surface area contributed by atoms with Crippen molar-refractivity contribution in [3.8, 4) is 11.5 Å². The molecule has 5 rings (SSSR count). The van der Waals surface area contributed by atoms with Crippen LogP contribution in [0.3, 0.4) is 0 Å². The lowest BCUT2D eigenvalue weighted by molar-refractivity contribution is -0.293. The standard InChI is InChI=1S/C36H33F6N3O9.C8H19N/c1-20-18-45(32(50)44-29(20)46)28-17-26(43-30(47)34(37,38)36(41,42)35(39,40)31(48)49)27(54-28)19-53-33(21-7-5-4-6-8-21,22-9-13-24(51-2)14-10-22)23-11-15-25(52-3)16-12-23;1-6-9(7(2)3)8(4)5/h4-16,18,26-28H,17,19H2,1-3H3,(H,43,47)(H,48,49)(H,44,46,50);7-8H,6H2,1-5H3/t26-,27+,28+;/m0./s1. The van der Waals surface area contributed by atoms with E-state index in [1.165, 1.54) is 21.1 Å². The predicted molar refractivity (Wildman–Crippen MR) is 220 cm³/mol. The zero-order chi connectivity index (χ0) is 47.1. The quantitative estimate of drug-likeness (QED) is 0.0764. The number of rotatable bonds is 17.